The third-order valence-electron chi connectivity index (χ3n) is 5.19. The van der Waals surface area contributed by atoms with Gasteiger partial charge in [-0.1, -0.05) is 41.5 Å². The van der Waals surface area contributed by atoms with Crippen LogP contribution >= 0.6 is 0 Å². The summed E-state index contributed by atoms with van der Waals surface area (Å²) >= 11 is 0. The molecule has 1 aliphatic carbocycles. The predicted octanol–water partition coefficient (Wildman–Crippen LogP) is 5.64. The molecule has 1 aliphatic rings. The molecule has 0 saturated heterocycles. The largest absolute Gasteiger partial charge is 0.314 e. The van der Waals surface area contributed by atoms with Gasteiger partial charge in [0.05, 0.1) is 0 Å². The summed E-state index contributed by atoms with van der Waals surface area (Å²) in [6.07, 6.45) is 9.79. The van der Waals surface area contributed by atoms with Crippen LogP contribution in [0.5, 0.6) is 0 Å². The average molecular weight is 282 g/mol. The van der Waals surface area contributed by atoms with E-state index in [4.69, 9.17) is 0 Å². The SMILES string of the molecule is CCCNC(CCC(C)(C)C)C1CCC(C(C)C)CC1. The van der Waals surface area contributed by atoms with Gasteiger partial charge < -0.3 is 5.32 Å². The van der Waals surface area contributed by atoms with Gasteiger partial charge in [0.15, 0.2) is 0 Å². The molecule has 0 spiro atoms. The zero-order valence-corrected chi connectivity index (χ0v) is 15.0. The van der Waals surface area contributed by atoms with Gasteiger partial charge in [-0.3, -0.25) is 0 Å². The van der Waals surface area contributed by atoms with E-state index in [9.17, 15) is 0 Å². The first-order chi connectivity index (χ1) is 9.33. The zero-order chi connectivity index (χ0) is 15.2. The predicted molar refractivity (Wildman–Crippen MR) is 91.1 cm³/mol. The van der Waals surface area contributed by atoms with Crippen molar-refractivity contribution in [2.24, 2.45) is 23.2 Å². The molecule has 0 bridgehead atoms. The van der Waals surface area contributed by atoms with Crippen molar-refractivity contribution in [3.63, 3.8) is 0 Å². The van der Waals surface area contributed by atoms with Crippen LogP contribution in [0, 0.1) is 23.2 Å². The topological polar surface area (TPSA) is 12.0 Å². The minimum atomic E-state index is 0.473. The second-order valence-corrected chi connectivity index (χ2v) is 8.58. The van der Waals surface area contributed by atoms with Crippen molar-refractivity contribution >= 4 is 0 Å². The molecule has 0 aromatic carbocycles. The second-order valence-electron chi connectivity index (χ2n) is 8.58. The number of hydrogen-bond donors (Lipinski definition) is 1. The van der Waals surface area contributed by atoms with Crippen molar-refractivity contribution in [2.75, 3.05) is 6.54 Å². The van der Waals surface area contributed by atoms with Gasteiger partial charge in [-0.2, -0.15) is 0 Å². The van der Waals surface area contributed by atoms with E-state index >= 15 is 0 Å². The molecule has 1 fully saturated rings. The molecular weight excluding hydrogens is 242 g/mol. The third kappa shape index (κ3) is 6.61. The van der Waals surface area contributed by atoms with E-state index in [0.717, 1.165) is 23.8 Å². The molecular formula is C19H39N. The maximum Gasteiger partial charge on any atom is 0.00955 e. The Morgan fingerprint density at radius 1 is 1.00 bits per heavy atom. The van der Waals surface area contributed by atoms with E-state index in [-0.39, 0.29) is 0 Å². The first kappa shape index (κ1) is 18.0. The van der Waals surface area contributed by atoms with E-state index < -0.39 is 0 Å². The van der Waals surface area contributed by atoms with Crippen LogP contribution in [0.15, 0.2) is 0 Å². The van der Waals surface area contributed by atoms with Crippen LogP contribution in [0.4, 0.5) is 0 Å². The van der Waals surface area contributed by atoms with Crippen molar-refractivity contribution in [3.8, 4) is 0 Å². The van der Waals surface area contributed by atoms with Crippen LogP contribution in [-0.2, 0) is 0 Å². The molecule has 20 heavy (non-hydrogen) atoms. The molecule has 0 amide bonds. The molecule has 0 aromatic rings. The highest BCUT2D eigenvalue weighted by Gasteiger charge is 2.29. The van der Waals surface area contributed by atoms with Gasteiger partial charge >= 0.3 is 0 Å². The summed E-state index contributed by atoms with van der Waals surface area (Å²) in [6, 6.07) is 0.766. The Bertz CT molecular complexity index is 243. The standard InChI is InChI=1S/C19H39N/c1-7-14-20-18(12-13-19(4,5)6)17-10-8-16(9-11-17)15(2)3/h15-18,20H,7-14H2,1-6H3. The van der Waals surface area contributed by atoms with Gasteiger partial charge in [-0.05, 0) is 74.7 Å². The fraction of sp³-hybridized carbons (Fsp3) is 1.00. The van der Waals surface area contributed by atoms with E-state index in [1.54, 1.807) is 0 Å². The first-order valence-electron chi connectivity index (χ1n) is 9.07. The van der Waals surface area contributed by atoms with Crippen LogP contribution in [-0.4, -0.2) is 12.6 Å². The Kier molecular flexibility index (Phi) is 7.58. The maximum atomic E-state index is 3.86. The van der Waals surface area contributed by atoms with E-state index in [0.29, 0.717) is 5.41 Å². The van der Waals surface area contributed by atoms with Gasteiger partial charge in [-0.25, -0.2) is 0 Å². The molecule has 0 heterocycles. The van der Waals surface area contributed by atoms with Gasteiger partial charge in [0, 0.05) is 6.04 Å². The smallest absolute Gasteiger partial charge is 0.00955 e. The minimum Gasteiger partial charge on any atom is -0.314 e. The molecule has 1 unspecified atom stereocenters. The summed E-state index contributed by atoms with van der Waals surface area (Å²) in [7, 11) is 0. The van der Waals surface area contributed by atoms with Gasteiger partial charge in [0.1, 0.15) is 0 Å². The lowest BCUT2D eigenvalue weighted by molar-refractivity contribution is 0.174. The van der Waals surface area contributed by atoms with Gasteiger partial charge in [0.2, 0.25) is 0 Å². The first-order valence-corrected chi connectivity index (χ1v) is 9.07. The van der Waals surface area contributed by atoms with Crippen LogP contribution < -0.4 is 5.32 Å². The fourth-order valence-corrected chi connectivity index (χ4v) is 3.64. The lowest BCUT2D eigenvalue weighted by Crippen LogP contribution is -2.39. The molecule has 1 nitrogen and oxygen atoms in total. The quantitative estimate of drug-likeness (QED) is 0.636. The van der Waals surface area contributed by atoms with Crippen molar-refractivity contribution in [3.05, 3.63) is 0 Å². The highest BCUT2D eigenvalue weighted by Crippen LogP contribution is 2.36. The highest BCUT2D eigenvalue weighted by atomic mass is 14.9. The highest BCUT2D eigenvalue weighted by molar-refractivity contribution is 4.84. The molecule has 1 atom stereocenters. The van der Waals surface area contributed by atoms with Crippen molar-refractivity contribution in [1.82, 2.24) is 5.32 Å². The molecule has 0 aromatic heterocycles. The minimum absolute atomic E-state index is 0.473. The normalized spacial score (nSPS) is 25.9. The molecule has 0 radical (unpaired) electrons. The van der Waals surface area contributed by atoms with Crippen LogP contribution in [0.3, 0.4) is 0 Å². The summed E-state index contributed by atoms with van der Waals surface area (Å²) in [5.74, 6) is 2.80. The van der Waals surface area contributed by atoms with Crippen LogP contribution in [0.25, 0.3) is 0 Å². The monoisotopic (exact) mass is 281 g/mol. The Balaban J connectivity index is 2.47. The fourth-order valence-electron chi connectivity index (χ4n) is 3.64. The third-order valence-corrected chi connectivity index (χ3v) is 5.19. The average Bonchev–Trinajstić information content (AvgIpc) is 2.38. The van der Waals surface area contributed by atoms with E-state index in [2.05, 4.69) is 46.9 Å². The zero-order valence-electron chi connectivity index (χ0n) is 15.0. The van der Waals surface area contributed by atoms with Crippen molar-refractivity contribution in [2.45, 2.75) is 92.5 Å². The number of rotatable bonds is 7. The summed E-state index contributed by atoms with van der Waals surface area (Å²) in [5.41, 5.74) is 0.473. The summed E-state index contributed by atoms with van der Waals surface area (Å²) in [4.78, 5) is 0. The summed E-state index contributed by atoms with van der Waals surface area (Å²) in [5, 5.41) is 3.86. The Morgan fingerprint density at radius 2 is 1.55 bits per heavy atom. The van der Waals surface area contributed by atoms with E-state index in [1.807, 2.05) is 0 Å². The van der Waals surface area contributed by atoms with Crippen molar-refractivity contribution in [1.29, 1.82) is 0 Å². The van der Waals surface area contributed by atoms with Crippen LogP contribution in [0.1, 0.15) is 86.5 Å². The van der Waals surface area contributed by atoms with Crippen molar-refractivity contribution < 1.29 is 0 Å². The maximum absolute atomic E-state index is 3.86. The Morgan fingerprint density at radius 3 is 2.00 bits per heavy atom. The van der Waals surface area contributed by atoms with Crippen LogP contribution in [0.2, 0.25) is 0 Å². The molecule has 1 N–H and O–H groups in total. The lowest BCUT2D eigenvalue weighted by Gasteiger charge is -2.37. The second kappa shape index (κ2) is 8.41. The molecule has 0 aliphatic heterocycles. The van der Waals surface area contributed by atoms with Gasteiger partial charge in [-0.15, -0.1) is 0 Å². The van der Waals surface area contributed by atoms with E-state index in [1.165, 1.54) is 51.5 Å². The lowest BCUT2D eigenvalue weighted by atomic mass is 9.73. The molecule has 1 rings (SSSR count). The Hall–Kier alpha value is -0.0400. The molecule has 1 saturated carbocycles. The summed E-state index contributed by atoms with van der Waals surface area (Å²) < 4.78 is 0. The molecule has 1 heteroatoms. The summed E-state index contributed by atoms with van der Waals surface area (Å²) in [6.45, 7) is 15.4. The number of nitrogens with one attached hydrogen (secondary N) is 1. The Labute approximate surface area is 128 Å². The molecule has 120 valence electrons. The van der Waals surface area contributed by atoms with Gasteiger partial charge in [0.25, 0.3) is 0 Å². The number of hydrogen-bond acceptors (Lipinski definition) is 1.